The van der Waals surface area contributed by atoms with E-state index in [4.69, 9.17) is 4.74 Å². The van der Waals surface area contributed by atoms with Crippen LogP contribution in [0.25, 0.3) is 0 Å². The van der Waals surface area contributed by atoms with Gasteiger partial charge in [-0.1, -0.05) is 0 Å². The maximum absolute atomic E-state index is 5.12. The Labute approximate surface area is 114 Å². The molecule has 0 bridgehead atoms. The monoisotopic (exact) mass is 262 g/mol. The SMILES string of the molecule is COc1cnc(N(CC2CCCNC2)C2CC2)nc1. The fraction of sp³-hybridized carbons (Fsp3) is 0.714. The number of methoxy groups -OCH3 is 1. The Bertz CT molecular complexity index is 398. The minimum absolute atomic E-state index is 0.648. The Hall–Kier alpha value is -1.36. The van der Waals surface area contributed by atoms with Crippen molar-refractivity contribution in [2.75, 3.05) is 31.6 Å². The second-order valence-electron chi connectivity index (χ2n) is 5.52. The summed E-state index contributed by atoms with van der Waals surface area (Å²) in [6, 6.07) is 0.648. The molecule has 2 fully saturated rings. The zero-order chi connectivity index (χ0) is 13.1. The summed E-state index contributed by atoms with van der Waals surface area (Å²) in [4.78, 5) is 11.3. The van der Waals surface area contributed by atoms with Crippen LogP contribution in [0, 0.1) is 5.92 Å². The van der Waals surface area contributed by atoms with E-state index in [-0.39, 0.29) is 0 Å². The molecule has 19 heavy (non-hydrogen) atoms. The molecule has 0 spiro atoms. The van der Waals surface area contributed by atoms with Gasteiger partial charge in [-0.25, -0.2) is 9.97 Å². The van der Waals surface area contributed by atoms with Crippen LogP contribution in [0.2, 0.25) is 0 Å². The Morgan fingerprint density at radius 3 is 2.68 bits per heavy atom. The van der Waals surface area contributed by atoms with Gasteiger partial charge in [-0.3, -0.25) is 0 Å². The molecule has 2 heterocycles. The zero-order valence-corrected chi connectivity index (χ0v) is 11.5. The summed E-state index contributed by atoms with van der Waals surface area (Å²) < 4.78 is 5.12. The van der Waals surface area contributed by atoms with Gasteiger partial charge < -0.3 is 15.0 Å². The smallest absolute Gasteiger partial charge is 0.225 e. The van der Waals surface area contributed by atoms with Gasteiger partial charge in [-0.15, -0.1) is 0 Å². The van der Waals surface area contributed by atoms with Crippen molar-refractivity contribution in [3.05, 3.63) is 12.4 Å². The summed E-state index contributed by atoms with van der Waals surface area (Å²) in [6.45, 7) is 3.36. The van der Waals surface area contributed by atoms with E-state index in [1.165, 1.54) is 32.2 Å². The molecule has 3 rings (SSSR count). The number of aromatic nitrogens is 2. The van der Waals surface area contributed by atoms with Crippen molar-refractivity contribution in [2.24, 2.45) is 5.92 Å². The minimum Gasteiger partial charge on any atom is -0.494 e. The molecule has 2 aliphatic rings. The first-order valence-electron chi connectivity index (χ1n) is 7.20. The summed E-state index contributed by atoms with van der Waals surface area (Å²) in [5, 5.41) is 3.48. The molecule has 1 aromatic heterocycles. The predicted octanol–water partition coefficient (Wildman–Crippen LogP) is 1.45. The standard InChI is InChI=1S/C14H22N4O/c1-19-13-8-16-14(17-9-13)18(12-4-5-12)10-11-3-2-6-15-7-11/h8-9,11-12,15H,2-7,10H2,1H3. The van der Waals surface area contributed by atoms with Crippen molar-refractivity contribution in [1.82, 2.24) is 15.3 Å². The van der Waals surface area contributed by atoms with Gasteiger partial charge in [0, 0.05) is 12.6 Å². The highest BCUT2D eigenvalue weighted by atomic mass is 16.5. The Morgan fingerprint density at radius 2 is 2.11 bits per heavy atom. The van der Waals surface area contributed by atoms with E-state index in [0.29, 0.717) is 6.04 Å². The third-order valence-corrected chi connectivity index (χ3v) is 3.95. The lowest BCUT2D eigenvalue weighted by atomic mass is 9.99. The number of rotatable bonds is 5. The van der Waals surface area contributed by atoms with Crippen LogP contribution in [-0.2, 0) is 0 Å². The van der Waals surface area contributed by atoms with Crippen LogP contribution < -0.4 is 15.0 Å². The third kappa shape index (κ3) is 3.15. The van der Waals surface area contributed by atoms with E-state index in [1.54, 1.807) is 19.5 Å². The fourth-order valence-electron chi connectivity index (χ4n) is 2.70. The summed E-state index contributed by atoms with van der Waals surface area (Å²) >= 11 is 0. The van der Waals surface area contributed by atoms with Crippen LogP contribution in [0.15, 0.2) is 12.4 Å². The molecule has 104 valence electrons. The molecule has 5 heteroatoms. The minimum atomic E-state index is 0.648. The van der Waals surface area contributed by atoms with Crippen molar-refractivity contribution >= 4 is 5.95 Å². The third-order valence-electron chi connectivity index (χ3n) is 3.95. The number of nitrogens with one attached hydrogen (secondary N) is 1. The molecule has 1 saturated heterocycles. The molecule has 0 radical (unpaired) electrons. The lowest BCUT2D eigenvalue weighted by Crippen LogP contribution is -2.40. The first-order valence-corrected chi connectivity index (χ1v) is 7.20. The van der Waals surface area contributed by atoms with Gasteiger partial charge >= 0.3 is 0 Å². The van der Waals surface area contributed by atoms with Crippen molar-refractivity contribution in [1.29, 1.82) is 0 Å². The molecule has 0 amide bonds. The van der Waals surface area contributed by atoms with E-state index in [1.807, 2.05) is 0 Å². The Balaban J connectivity index is 1.68. The zero-order valence-electron chi connectivity index (χ0n) is 11.5. The van der Waals surface area contributed by atoms with E-state index in [0.717, 1.165) is 30.7 Å². The predicted molar refractivity (Wildman–Crippen MR) is 74.5 cm³/mol. The molecule has 0 aromatic carbocycles. The quantitative estimate of drug-likeness (QED) is 0.870. The maximum atomic E-state index is 5.12. The first-order chi connectivity index (χ1) is 9.36. The first kappa shape index (κ1) is 12.7. The van der Waals surface area contributed by atoms with Gasteiger partial charge in [0.2, 0.25) is 5.95 Å². The number of hydrogen-bond donors (Lipinski definition) is 1. The molecule has 1 aromatic rings. The molecule has 1 atom stereocenters. The van der Waals surface area contributed by atoms with Crippen molar-refractivity contribution in [3.63, 3.8) is 0 Å². The highest BCUT2D eigenvalue weighted by Gasteiger charge is 2.32. The summed E-state index contributed by atoms with van der Waals surface area (Å²) in [7, 11) is 1.64. The Morgan fingerprint density at radius 1 is 1.32 bits per heavy atom. The summed E-state index contributed by atoms with van der Waals surface area (Å²) in [6.07, 6.45) is 8.66. The highest BCUT2D eigenvalue weighted by molar-refractivity contribution is 5.35. The van der Waals surface area contributed by atoms with Crippen molar-refractivity contribution < 1.29 is 4.74 Å². The average Bonchev–Trinajstić information content (AvgIpc) is 3.31. The van der Waals surface area contributed by atoms with Crippen LogP contribution >= 0.6 is 0 Å². The van der Waals surface area contributed by atoms with Crippen LogP contribution in [-0.4, -0.2) is 42.8 Å². The lowest BCUT2D eigenvalue weighted by Gasteiger charge is -2.30. The second kappa shape index (κ2) is 5.74. The van der Waals surface area contributed by atoms with Gasteiger partial charge in [0.15, 0.2) is 5.75 Å². The number of nitrogens with zero attached hydrogens (tertiary/aromatic N) is 3. The second-order valence-corrected chi connectivity index (χ2v) is 5.52. The Kier molecular flexibility index (Phi) is 3.82. The molecule has 5 nitrogen and oxygen atoms in total. The fourth-order valence-corrected chi connectivity index (χ4v) is 2.70. The summed E-state index contributed by atoms with van der Waals surface area (Å²) in [5.74, 6) is 2.30. The van der Waals surface area contributed by atoms with E-state index < -0.39 is 0 Å². The van der Waals surface area contributed by atoms with Gasteiger partial charge in [0.05, 0.1) is 19.5 Å². The number of hydrogen-bond acceptors (Lipinski definition) is 5. The molecular formula is C14H22N4O. The number of ether oxygens (including phenoxy) is 1. The van der Waals surface area contributed by atoms with Crippen LogP contribution in [0.1, 0.15) is 25.7 Å². The van der Waals surface area contributed by atoms with E-state index >= 15 is 0 Å². The molecule has 1 unspecified atom stereocenters. The van der Waals surface area contributed by atoms with Crippen LogP contribution in [0.4, 0.5) is 5.95 Å². The normalized spacial score (nSPS) is 23.1. The summed E-state index contributed by atoms with van der Waals surface area (Å²) in [5.41, 5.74) is 0. The van der Waals surface area contributed by atoms with Crippen molar-refractivity contribution in [2.45, 2.75) is 31.7 Å². The van der Waals surface area contributed by atoms with E-state index in [9.17, 15) is 0 Å². The lowest BCUT2D eigenvalue weighted by molar-refractivity contribution is 0.374. The van der Waals surface area contributed by atoms with Crippen LogP contribution in [0.3, 0.4) is 0 Å². The van der Waals surface area contributed by atoms with Gasteiger partial charge in [-0.2, -0.15) is 0 Å². The molecule has 1 aliphatic carbocycles. The van der Waals surface area contributed by atoms with Crippen molar-refractivity contribution in [3.8, 4) is 5.75 Å². The van der Waals surface area contributed by atoms with Gasteiger partial charge in [-0.05, 0) is 44.7 Å². The number of piperidine rings is 1. The number of anilines is 1. The van der Waals surface area contributed by atoms with E-state index in [2.05, 4.69) is 20.2 Å². The van der Waals surface area contributed by atoms with Crippen LogP contribution in [0.5, 0.6) is 5.75 Å². The molecule has 1 N–H and O–H groups in total. The molecular weight excluding hydrogens is 240 g/mol. The largest absolute Gasteiger partial charge is 0.494 e. The maximum Gasteiger partial charge on any atom is 0.225 e. The average molecular weight is 262 g/mol. The molecule has 1 saturated carbocycles. The van der Waals surface area contributed by atoms with Gasteiger partial charge in [0.1, 0.15) is 0 Å². The molecule has 1 aliphatic heterocycles. The topological polar surface area (TPSA) is 50.3 Å². The van der Waals surface area contributed by atoms with Gasteiger partial charge in [0.25, 0.3) is 0 Å². The highest BCUT2D eigenvalue weighted by Crippen LogP contribution is 2.31.